The van der Waals surface area contributed by atoms with Gasteiger partial charge >= 0.3 is 0 Å². The zero-order chi connectivity index (χ0) is 22.4. The van der Waals surface area contributed by atoms with Crippen molar-refractivity contribution >= 4 is 17.4 Å². The Morgan fingerprint density at radius 1 is 1.16 bits per heavy atom. The molecule has 5 rings (SSSR count). The first-order valence-electron chi connectivity index (χ1n) is 10.4. The fraction of sp³-hybridized carbons (Fsp3) is 0.318. The highest BCUT2D eigenvalue weighted by Gasteiger charge is 2.33. The minimum Gasteiger partial charge on any atom is -0.493 e. The van der Waals surface area contributed by atoms with E-state index in [4.69, 9.17) is 14.6 Å². The Morgan fingerprint density at radius 2 is 2.00 bits per heavy atom. The molecule has 4 aromatic rings. The van der Waals surface area contributed by atoms with Gasteiger partial charge in [0.05, 0.1) is 18.9 Å². The minimum absolute atomic E-state index is 0.0258. The van der Waals surface area contributed by atoms with Crippen LogP contribution in [0.25, 0.3) is 11.5 Å². The molecule has 32 heavy (non-hydrogen) atoms. The number of aryl methyl sites for hydroxylation is 1. The van der Waals surface area contributed by atoms with E-state index in [0.717, 1.165) is 16.8 Å². The van der Waals surface area contributed by atoms with Crippen LogP contribution in [-0.2, 0) is 4.79 Å². The van der Waals surface area contributed by atoms with Gasteiger partial charge in [-0.15, -0.1) is 15.3 Å². The highest BCUT2D eigenvalue weighted by molar-refractivity contribution is 5.95. The Morgan fingerprint density at radius 3 is 2.78 bits per heavy atom. The standard InChI is InChI=1S/C22H23N7O3/c1-12(2)32-16-6-5-14(9-17(16)31-4)15-10-20(30)24-22-21(15)13(3)26-29(22)19-8-7-18-25-23-11-28(18)27-19/h5-9,11-12,15H,10H2,1-4H3,(H,24,30)/t15-/m0/s1. The van der Waals surface area contributed by atoms with Gasteiger partial charge in [-0.1, -0.05) is 6.07 Å². The fourth-order valence-corrected chi connectivity index (χ4v) is 4.08. The van der Waals surface area contributed by atoms with Crippen molar-refractivity contribution in [1.82, 2.24) is 29.6 Å². The number of rotatable bonds is 5. The second kappa shape index (κ2) is 7.63. The van der Waals surface area contributed by atoms with Crippen LogP contribution in [0, 0.1) is 6.92 Å². The number of ether oxygens (including phenoxy) is 2. The summed E-state index contributed by atoms with van der Waals surface area (Å²) in [6, 6.07) is 9.41. The summed E-state index contributed by atoms with van der Waals surface area (Å²) >= 11 is 0. The van der Waals surface area contributed by atoms with E-state index >= 15 is 0 Å². The maximum Gasteiger partial charge on any atom is 0.226 e. The molecule has 3 aromatic heterocycles. The van der Waals surface area contributed by atoms with E-state index in [2.05, 4.69) is 20.6 Å². The number of fused-ring (bicyclic) bond motifs is 2. The van der Waals surface area contributed by atoms with Crippen molar-refractivity contribution in [2.45, 2.75) is 39.2 Å². The van der Waals surface area contributed by atoms with E-state index in [1.54, 1.807) is 28.4 Å². The van der Waals surface area contributed by atoms with E-state index in [1.807, 2.05) is 39.0 Å². The monoisotopic (exact) mass is 433 g/mol. The van der Waals surface area contributed by atoms with Gasteiger partial charge in [0.25, 0.3) is 0 Å². The smallest absolute Gasteiger partial charge is 0.226 e. The third-order valence-corrected chi connectivity index (χ3v) is 5.42. The van der Waals surface area contributed by atoms with Gasteiger partial charge in [0.15, 0.2) is 23.0 Å². The van der Waals surface area contributed by atoms with Gasteiger partial charge in [0.1, 0.15) is 12.1 Å². The number of carbonyl (C=O) groups is 1. The van der Waals surface area contributed by atoms with Gasteiger partial charge in [-0.3, -0.25) is 4.79 Å². The summed E-state index contributed by atoms with van der Waals surface area (Å²) in [5.74, 6) is 2.22. The van der Waals surface area contributed by atoms with E-state index in [1.165, 1.54) is 6.33 Å². The highest BCUT2D eigenvalue weighted by atomic mass is 16.5. The Kier molecular flexibility index (Phi) is 4.76. The molecule has 0 aliphatic carbocycles. The average molecular weight is 433 g/mol. The van der Waals surface area contributed by atoms with Gasteiger partial charge in [-0.25, -0.2) is 0 Å². The first-order valence-corrected chi connectivity index (χ1v) is 10.4. The van der Waals surface area contributed by atoms with Crippen LogP contribution >= 0.6 is 0 Å². The number of hydrogen-bond donors (Lipinski definition) is 1. The Labute approximate surface area is 184 Å². The first-order chi connectivity index (χ1) is 15.4. The van der Waals surface area contributed by atoms with Crippen LogP contribution in [0.5, 0.6) is 11.5 Å². The quantitative estimate of drug-likeness (QED) is 0.515. The van der Waals surface area contributed by atoms with Crippen LogP contribution in [0.3, 0.4) is 0 Å². The molecule has 164 valence electrons. The molecule has 1 N–H and O–H groups in total. The summed E-state index contributed by atoms with van der Waals surface area (Å²) in [4.78, 5) is 12.7. The van der Waals surface area contributed by atoms with Crippen molar-refractivity contribution in [1.29, 1.82) is 0 Å². The maximum atomic E-state index is 12.7. The summed E-state index contributed by atoms with van der Waals surface area (Å²) < 4.78 is 14.6. The molecule has 1 aromatic carbocycles. The number of aromatic nitrogens is 6. The highest BCUT2D eigenvalue weighted by Crippen LogP contribution is 2.42. The number of benzene rings is 1. The molecule has 0 saturated carbocycles. The SMILES string of the molecule is COc1cc([C@@H]2CC(=O)Nc3c2c(C)nn3-c2ccc3nncn3n2)ccc1OC(C)C. The fourth-order valence-electron chi connectivity index (χ4n) is 4.08. The van der Waals surface area contributed by atoms with E-state index in [9.17, 15) is 4.79 Å². The lowest BCUT2D eigenvalue weighted by Gasteiger charge is -2.25. The number of amides is 1. The number of methoxy groups -OCH3 is 1. The van der Waals surface area contributed by atoms with E-state index in [0.29, 0.717) is 35.2 Å². The van der Waals surface area contributed by atoms with Crippen LogP contribution in [0.1, 0.15) is 43.0 Å². The first kappa shape index (κ1) is 20.0. The van der Waals surface area contributed by atoms with Crippen LogP contribution in [-0.4, -0.2) is 48.7 Å². The number of carbonyl (C=O) groups excluding carboxylic acids is 1. The lowest BCUT2D eigenvalue weighted by atomic mass is 9.85. The molecule has 0 saturated heterocycles. The van der Waals surface area contributed by atoms with E-state index < -0.39 is 0 Å². The van der Waals surface area contributed by atoms with Gasteiger partial charge in [-0.05, 0) is 50.6 Å². The van der Waals surface area contributed by atoms with Crippen molar-refractivity contribution in [2.24, 2.45) is 0 Å². The third kappa shape index (κ3) is 3.33. The lowest BCUT2D eigenvalue weighted by Crippen LogP contribution is -2.25. The zero-order valence-corrected chi connectivity index (χ0v) is 18.2. The third-order valence-electron chi connectivity index (χ3n) is 5.42. The molecule has 0 bridgehead atoms. The van der Waals surface area contributed by atoms with Gasteiger partial charge in [0.2, 0.25) is 5.91 Å². The predicted octanol–water partition coefficient (Wildman–Crippen LogP) is 2.89. The molecule has 1 atom stereocenters. The Bertz CT molecular complexity index is 1320. The summed E-state index contributed by atoms with van der Waals surface area (Å²) in [5.41, 5.74) is 3.36. The average Bonchev–Trinajstić information content (AvgIpc) is 3.37. The Balaban J connectivity index is 1.60. The number of nitrogens with zero attached hydrogens (tertiary/aromatic N) is 6. The van der Waals surface area contributed by atoms with Crippen LogP contribution in [0.15, 0.2) is 36.7 Å². The molecule has 10 heteroatoms. The number of anilines is 1. The largest absolute Gasteiger partial charge is 0.493 e. The van der Waals surface area contributed by atoms with Crippen molar-refractivity contribution in [3.05, 3.63) is 53.5 Å². The predicted molar refractivity (Wildman–Crippen MR) is 116 cm³/mol. The Hall–Kier alpha value is -3.95. The summed E-state index contributed by atoms with van der Waals surface area (Å²) in [7, 11) is 1.61. The van der Waals surface area contributed by atoms with E-state index in [-0.39, 0.29) is 17.9 Å². The second-order valence-electron chi connectivity index (χ2n) is 7.97. The number of hydrogen-bond acceptors (Lipinski definition) is 7. The summed E-state index contributed by atoms with van der Waals surface area (Å²) in [6.45, 7) is 5.87. The molecular formula is C22H23N7O3. The lowest BCUT2D eigenvalue weighted by molar-refractivity contribution is -0.116. The molecule has 1 amide bonds. The van der Waals surface area contributed by atoms with Crippen LogP contribution in [0.4, 0.5) is 5.82 Å². The maximum absolute atomic E-state index is 12.7. The number of nitrogens with one attached hydrogen (secondary N) is 1. The van der Waals surface area contributed by atoms with Crippen LogP contribution < -0.4 is 14.8 Å². The minimum atomic E-state index is -0.173. The summed E-state index contributed by atoms with van der Waals surface area (Å²) in [6.07, 6.45) is 1.86. The second-order valence-corrected chi connectivity index (χ2v) is 7.97. The molecule has 0 fully saturated rings. The van der Waals surface area contributed by atoms with Crippen molar-refractivity contribution in [3.63, 3.8) is 0 Å². The zero-order valence-electron chi connectivity index (χ0n) is 18.2. The molecule has 1 aliphatic rings. The van der Waals surface area contributed by atoms with Crippen molar-refractivity contribution < 1.29 is 14.3 Å². The van der Waals surface area contributed by atoms with Gasteiger partial charge in [0, 0.05) is 17.9 Å². The van der Waals surface area contributed by atoms with Gasteiger partial charge in [-0.2, -0.15) is 14.3 Å². The molecule has 0 radical (unpaired) electrons. The molecule has 0 spiro atoms. The van der Waals surface area contributed by atoms with Crippen molar-refractivity contribution in [3.8, 4) is 17.3 Å². The topological polar surface area (TPSA) is 108 Å². The van der Waals surface area contributed by atoms with Gasteiger partial charge < -0.3 is 14.8 Å². The molecule has 10 nitrogen and oxygen atoms in total. The molecule has 0 unspecified atom stereocenters. The molecule has 4 heterocycles. The van der Waals surface area contributed by atoms with Crippen molar-refractivity contribution in [2.75, 3.05) is 12.4 Å². The van der Waals surface area contributed by atoms with Crippen LogP contribution in [0.2, 0.25) is 0 Å². The molecular weight excluding hydrogens is 410 g/mol. The summed E-state index contributed by atoms with van der Waals surface area (Å²) in [5, 5.41) is 20.0. The molecule has 1 aliphatic heterocycles. The normalized spacial score (nSPS) is 15.7.